The number of nitrogens with zero attached hydrogens (tertiary/aromatic N) is 1. The molecule has 1 aliphatic rings. The maximum absolute atomic E-state index is 12.3. The Balaban J connectivity index is 0.00000210. The van der Waals surface area contributed by atoms with Gasteiger partial charge in [-0.25, -0.2) is 4.98 Å². The fraction of sp³-hybridized carbons (Fsp3) is 0.278. The number of hydrogen-bond acceptors (Lipinski definition) is 6. The molecule has 1 atom stereocenters. The standard InChI is InChI=1S/C18H18N4O2S2.ClH/c1-10-4-7-14(25-10)17(24)22-18-21-12-6-5-11(9-15(12)26-18)20-16(23)13-3-2-8-19-13;/h4-7,9,13,19H,2-3,8H2,1H3,(H,20,23)(H,21,22,24);1H. The van der Waals surface area contributed by atoms with Gasteiger partial charge in [-0.1, -0.05) is 11.3 Å². The molecule has 2 amide bonds. The van der Waals surface area contributed by atoms with Crippen LogP contribution in [-0.2, 0) is 4.79 Å². The minimum atomic E-state index is -0.150. The molecule has 0 radical (unpaired) electrons. The number of amides is 2. The Hall–Kier alpha value is -2.00. The van der Waals surface area contributed by atoms with Crippen LogP contribution in [0.3, 0.4) is 0 Å². The third kappa shape index (κ3) is 4.47. The lowest BCUT2D eigenvalue weighted by Gasteiger charge is -2.10. The first-order valence-electron chi connectivity index (χ1n) is 8.41. The van der Waals surface area contributed by atoms with E-state index in [1.807, 2.05) is 37.3 Å². The van der Waals surface area contributed by atoms with Crippen LogP contribution in [0.2, 0.25) is 0 Å². The molecule has 6 nitrogen and oxygen atoms in total. The average molecular weight is 423 g/mol. The molecule has 1 saturated heterocycles. The lowest BCUT2D eigenvalue weighted by atomic mass is 10.2. The number of carbonyl (C=O) groups excluding carboxylic acids is 2. The van der Waals surface area contributed by atoms with Crippen LogP contribution in [-0.4, -0.2) is 29.4 Å². The zero-order valence-corrected chi connectivity index (χ0v) is 17.0. The molecule has 27 heavy (non-hydrogen) atoms. The number of rotatable bonds is 4. The van der Waals surface area contributed by atoms with Gasteiger partial charge in [-0.2, -0.15) is 0 Å². The summed E-state index contributed by atoms with van der Waals surface area (Å²) in [5.41, 5.74) is 1.54. The highest BCUT2D eigenvalue weighted by atomic mass is 35.5. The molecule has 4 rings (SSSR count). The van der Waals surface area contributed by atoms with Gasteiger partial charge in [0.25, 0.3) is 5.91 Å². The average Bonchev–Trinajstić information content (AvgIpc) is 3.34. The number of aromatic nitrogens is 1. The van der Waals surface area contributed by atoms with Crippen LogP contribution in [0.5, 0.6) is 0 Å². The predicted molar refractivity (Wildman–Crippen MR) is 114 cm³/mol. The first-order chi connectivity index (χ1) is 12.6. The van der Waals surface area contributed by atoms with E-state index in [1.54, 1.807) is 0 Å². The van der Waals surface area contributed by atoms with E-state index in [2.05, 4.69) is 20.9 Å². The quantitative estimate of drug-likeness (QED) is 0.592. The highest BCUT2D eigenvalue weighted by Gasteiger charge is 2.22. The largest absolute Gasteiger partial charge is 0.325 e. The van der Waals surface area contributed by atoms with Crippen molar-refractivity contribution < 1.29 is 9.59 Å². The summed E-state index contributed by atoms with van der Waals surface area (Å²) in [5, 5.41) is 9.54. The zero-order chi connectivity index (χ0) is 18.1. The number of hydrogen-bond donors (Lipinski definition) is 3. The molecular weight excluding hydrogens is 404 g/mol. The van der Waals surface area contributed by atoms with E-state index < -0.39 is 0 Å². The predicted octanol–water partition coefficient (Wildman–Crippen LogP) is 4.03. The van der Waals surface area contributed by atoms with Gasteiger partial charge in [0.15, 0.2) is 5.13 Å². The molecule has 2 aromatic heterocycles. The molecule has 0 bridgehead atoms. The van der Waals surface area contributed by atoms with E-state index in [-0.39, 0.29) is 30.3 Å². The van der Waals surface area contributed by atoms with E-state index in [4.69, 9.17) is 0 Å². The van der Waals surface area contributed by atoms with Gasteiger partial charge in [0.05, 0.1) is 21.1 Å². The monoisotopic (exact) mass is 422 g/mol. The van der Waals surface area contributed by atoms with Crippen LogP contribution in [0.1, 0.15) is 27.4 Å². The lowest BCUT2D eigenvalue weighted by Crippen LogP contribution is -2.35. The van der Waals surface area contributed by atoms with E-state index in [0.717, 1.165) is 40.2 Å². The number of carbonyl (C=O) groups is 2. The number of thiophene rings is 1. The Morgan fingerprint density at radius 1 is 1.19 bits per heavy atom. The Morgan fingerprint density at radius 3 is 2.74 bits per heavy atom. The molecule has 142 valence electrons. The Bertz CT molecular complexity index is 979. The number of halogens is 1. The topological polar surface area (TPSA) is 83.1 Å². The summed E-state index contributed by atoms with van der Waals surface area (Å²) in [7, 11) is 0. The van der Waals surface area contributed by atoms with Gasteiger partial charge in [-0.05, 0) is 56.6 Å². The van der Waals surface area contributed by atoms with Crippen molar-refractivity contribution in [2.45, 2.75) is 25.8 Å². The van der Waals surface area contributed by atoms with Crippen molar-refractivity contribution in [2.24, 2.45) is 0 Å². The van der Waals surface area contributed by atoms with Gasteiger partial charge >= 0.3 is 0 Å². The molecule has 3 heterocycles. The van der Waals surface area contributed by atoms with Gasteiger partial charge in [0.2, 0.25) is 5.91 Å². The van der Waals surface area contributed by atoms with Gasteiger partial charge < -0.3 is 10.6 Å². The van der Waals surface area contributed by atoms with Gasteiger partial charge in [-0.3, -0.25) is 14.9 Å². The Morgan fingerprint density at radius 2 is 2.04 bits per heavy atom. The SMILES string of the molecule is Cc1ccc(C(=O)Nc2nc3ccc(NC(=O)C4CCCN4)cc3s2)s1.Cl. The highest BCUT2D eigenvalue weighted by Crippen LogP contribution is 2.29. The van der Waals surface area contributed by atoms with Crippen molar-refractivity contribution in [1.29, 1.82) is 0 Å². The van der Waals surface area contributed by atoms with Crippen LogP contribution in [0.15, 0.2) is 30.3 Å². The van der Waals surface area contributed by atoms with E-state index in [1.165, 1.54) is 22.7 Å². The normalized spacial score (nSPS) is 16.1. The van der Waals surface area contributed by atoms with Crippen molar-refractivity contribution in [2.75, 3.05) is 17.2 Å². The highest BCUT2D eigenvalue weighted by molar-refractivity contribution is 7.22. The molecule has 0 spiro atoms. The summed E-state index contributed by atoms with van der Waals surface area (Å²) in [4.78, 5) is 30.7. The van der Waals surface area contributed by atoms with Crippen molar-refractivity contribution in [1.82, 2.24) is 10.3 Å². The lowest BCUT2D eigenvalue weighted by molar-refractivity contribution is -0.117. The summed E-state index contributed by atoms with van der Waals surface area (Å²) in [6, 6.07) is 9.21. The van der Waals surface area contributed by atoms with Crippen LogP contribution >= 0.6 is 35.1 Å². The first-order valence-corrected chi connectivity index (χ1v) is 10.0. The molecule has 9 heteroatoms. The van der Waals surface area contributed by atoms with Crippen LogP contribution < -0.4 is 16.0 Å². The number of benzene rings is 1. The second kappa shape index (κ2) is 8.35. The molecule has 0 aliphatic carbocycles. The zero-order valence-electron chi connectivity index (χ0n) is 14.6. The third-order valence-electron chi connectivity index (χ3n) is 4.22. The van der Waals surface area contributed by atoms with Crippen molar-refractivity contribution in [3.63, 3.8) is 0 Å². The molecule has 0 saturated carbocycles. The summed E-state index contributed by atoms with van der Waals surface area (Å²) in [6.07, 6.45) is 1.89. The Kier molecular flexibility index (Phi) is 6.11. The fourth-order valence-corrected chi connectivity index (χ4v) is 4.57. The van der Waals surface area contributed by atoms with Crippen molar-refractivity contribution in [3.05, 3.63) is 40.1 Å². The van der Waals surface area contributed by atoms with E-state index >= 15 is 0 Å². The smallest absolute Gasteiger partial charge is 0.267 e. The van der Waals surface area contributed by atoms with E-state index in [9.17, 15) is 9.59 Å². The minimum Gasteiger partial charge on any atom is -0.325 e. The summed E-state index contributed by atoms with van der Waals surface area (Å²) in [5.74, 6) is -0.157. The van der Waals surface area contributed by atoms with Crippen LogP contribution in [0.4, 0.5) is 10.8 Å². The maximum atomic E-state index is 12.3. The van der Waals surface area contributed by atoms with Crippen LogP contribution in [0.25, 0.3) is 10.2 Å². The molecule has 1 unspecified atom stereocenters. The van der Waals surface area contributed by atoms with Gasteiger partial charge in [0, 0.05) is 10.6 Å². The van der Waals surface area contributed by atoms with Crippen molar-refractivity contribution in [3.8, 4) is 0 Å². The number of fused-ring (bicyclic) bond motifs is 1. The number of nitrogens with one attached hydrogen (secondary N) is 3. The number of thiazole rings is 1. The first kappa shape index (κ1) is 19.8. The second-order valence-electron chi connectivity index (χ2n) is 6.20. The fourth-order valence-electron chi connectivity index (χ4n) is 2.91. The molecule has 1 fully saturated rings. The second-order valence-corrected chi connectivity index (χ2v) is 8.52. The molecule has 3 N–H and O–H groups in total. The van der Waals surface area contributed by atoms with Gasteiger partial charge in [0.1, 0.15) is 0 Å². The van der Waals surface area contributed by atoms with Crippen molar-refractivity contribution >= 4 is 67.9 Å². The molecule has 1 aromatic carbocycles. The Labute approximate surface area is 170 Å². The summed E-state index contributed by atoms with van der Waals surface area (Å²) in [6.45, 7) is 2.86. The van der Waals surface area contributed by atoms with E-state index in [0.29, 0.717) is 10.0 Å². The molecule has 3 aromatic rings. The minimum absolute atomic E-state index is 0. The summed E-state index contributed by atoms with van der Waals surface area (Å²) >= 11 is 2.85. The maximum Gasteiger partial charge on any atom is 0.267 e. The summed E-state index contributed by atoms with van der Waals surface area (Å²) < 4.78 is 0.917. The number of aryl methyl sites for hydroxylation is 1. The molecule has 1 aliphatic heterocycles. The third-order valence-corrected chi connectivity index (χ3v) is 6.15. The number of anilines is 2. The molecular formula is C18H19ClN4O2S2. The van der Waals surface area contributed by atoms with Gasteiger partial charge in [-0.15, -0.1) is 23.7 Å². The van der Waals surface area contributed by atoms with Crippen LogP contribution in [0, 0.1) is 6.92 Å².